The zero-order chi connectivity index (χ0) is 21.2. The minimum atomic E-state index is -0.200. The number of aromatic amines is 1. The van der Waals surface area contributed by atoms with Crippen LogP contribution in [0.25, 0.3) is 11.0 Å². The van der Waals surface area contributed by atoms with E-state index < -0.39 is 0 Å². The molecule has 2 amide bonds. The molecule has 0 radical (unpaired) electrons. The maximum atomic E-state index is 13.4. The molecule has 1 fully saturated rings. The van der Waals surface area contributed by atoms with E-state index in [-0.39, 0.29) is 17.7 Å². The monoisotopic (exact) mass is 430 g/mol. The van der Waals surface area contributed by atoms with Gasteiger partial charge in [0.25, 0.3) is 11.8 Å². The highest BCUT2D eigenvalue weighted by Crippen LogP contribution is 2.29. The molecule has 0 bridgehead atoms. The third kappa shape index (κ3) is 3.96. The van der Waals surface area contributed by atoms with E-state index in [2.05, 4.69) is 10.3 Å². The summed E-state index contributed by atoms with van der Waals surface area (Å²) in [6, 6.07) is 18.8. The topological polar surface area (TPSA) is 78.1 Å². The Labute approximate surface area is 183 Å². The van der Waals surface area contributed by atoms with E-state index in [0.29, 0.717) is 29.2 Å². The number of benzene rings is 2. The quantitative estimate of drug-likeness (QED) is 0.484. The van der Waals surface area contributed by atoms with Crippen LogP contribution in [0.3, 0.4) is 0 Å². The van der Waals surface area contributed by atoms with Crippen LogP contribution in [0.5, 0.6) is 0 Å². The summed E-state index contributed by atoms with van der Waals surface area (Å²) in [4.78, 5) is 36.5. The summed E-state index contributed by atoms with van der Waals surface area (Å²) >= 11 is 1.37. The van der Waals surface area contributed by atoms with Crippen LogP contribution in [0.2, 0.25) is 0 Å². The minimum Gasteiger partial charge on any atom is -0.342 e. The SMILES string of the molecule is O=C(Nc1ccccc1C(=O)N1CCCC(c2nc3ccccc3[nH]2)C1)c1cccs1. The van der Waals surface area contributed by atoms with Crippen LogP contribution in [0.15, 0.2) is 66.0 Å². The van der Waals surface area contributed by atoms with Crippen molar-refractivity contribution in [3.63, 3.8) is 0 Å². The summed E-state index contributed by atoms with van der Waals surface area (Å²) in [5, 5.41) is 4.76. The highest BCUT2D eigenvalue weighted by molar-refractivity contribution is 7.12. The van der Waals surface area contributed by atoms with Crippen molar-refractivity contribution in [2.75, 3.05) is 18.4 Å². The van der Waals surface area contributed by atoms with Gasteiger partial charge in [-0.3, -0.25) is 9.59 Å². The summed E-state index contributed by atoms with van der Waals surface area (Å²) in [6.45, 7) is 1.30. The van der Waals surface area contributed by atoms with Gasteiger partial charge < -0.3 is 15.2 Å². The Morgan fingerprint density at radius 2 is 1.90 bits per heavy atom. The number of aromatic nitrogens is 2. The summed E-state index contributed by atoms with van der Waals surface area (Å²) in [5.41, 5.74) is 3.01. The van der Waals surface area contributed by atoms with E-state index >= 15 is 0 Å². The van der Waals surface area contributed by atoms with Crippen LogP contribution in [0.1, 0.15) is 44.6 Å². The van der Waals surface area contributed by atoms with Crippen LogP contribution < -0.4 is 5.32 Å². The number of anilines is 1. The second kappa shape index (κ2) is 8.35. The van der Waals surface area contributed by atoms with Gasteiger partial charge >= 0.3 is 0 Å². The zero-order valence-electron chi connectivity index (χ0n) is 16.9. The molecular weight excluding hydrogens is 408 g/mol. The molecule has 1 saturated heterocycles. The number of para-hydroxylation sites is 3. The van der Waals surface area contributed by atoms with E-state index in [4.69, 9.17) is 4.98 Å². The van der Waals surface area contributed by atoms with Crippen molar-refractivity contribution in [1.29, 1.82) is 0 Å². The second-order valence-electron chi connectivity index (χ2n) is 7.71. The molecule has 1 unspecified atom stereocenters. The molecule has 2 aromatic heterocycles. The Kier molecular flexibility index (Phi) is 5.26. The first-order valence-electron chi connectivity index (χ1n) is 10.4. The lowest BCUT2D eigenvalue weighted by atomic mass is 9.96. The molecule has 1 aliphatic rings. The van der Waals surface area contributed by atoms with Crippen LogP contribution in [0.4, 0.5) is 5.69 Å². The van der Waals surface area contributed by atoms with Gasteiger partial charge in [0.2, 0.25) is 0 Å². The van der Waals surface area contributed by atoms with Crippen molar-refractivity contribution in [2.24, 2.45) is 0 Å². The van der Waals surface area contributed by atoms with Gasteiger partial charge in [0.15, 0.2) is 0 Å². The number of hydrogen-bond donors (Lipinski definition) is 2. The Hall–Kier alpha value is -3.45. The fourth-order valence-corrected chi connectivity index (χ4v) is 4.71. The number of nitrogens with one attached hydrogen (secondary N) is 2. The lowest BCUT2D eigenvalue weighted by Crippen LogP contribution is -2.39. The molecule has 1 atom stereocenters. The van der Waals surface area contributed by atoms with Crippen molar-refractivity contribution >= 4 is 39.9 Å². The molecule has 0 spiro atoms. The fourth-order valence-electron chi connectivity index (χ4n) is 4.09. The van der Waals surface area contributed by atoms with Crippen molar-refractivity contribution in [2.45, 2.75) is 18.8 Å². The normalized spacial score (nSPS) is 16.4. The summed E-state index contributed by atoms with van der Waals surface area (Å²) in [6.07, 6.45) is 1.90. The molecule has 156 valence electrons. The van der Waals surface area contributed by atoms with Gasteiger partial charge in [-0.15, -0.1) is 11.3 Å². The molecular formula is C24H22N4O2S. The van der Waals surface area contributed by atoms with Crippen LogP contribution >= 0.6 is 11.3 Å². The lowest BCUT2D eigenvalue weighted by molar-refractivity contribution is 0.0706. The predicted octanol–water partition coefficient (Wildman–Crippen LogP) is 4.90. The molecule has 4 aromatic rings. The number of nitrogens with zero attached hydrogens (tertiary/aromatic N) is 2. The van der Waals surface area contributed by atoms with Gasteiger partial charge in [-0.2, -0.15) is 0 Å². The Bertz CT molecular complexity index is 1200. The van der Waals surface area contributed by atoms with Crippen molar-refractivity contribution < 1.29 is 9.59 Å². The molecule has 2 N–H and O–H groups in total. The van der Waals surface area contributed by atoms with Crippen LogP contribution in [-0.4, -0.2) is 39.8 Å². The van der Waals surface area contributed by atoms with Gasteiger partial charge in [-0.25, -0.2) is 4.98 Å². The predicted molar refractivity (Wildman–Crippen MR) is 123 cm³/mol. The number of fused-ring (bicyclic) bond motifs is 1. The molecule has 0 saturated carbocycles. The van der Waals surface area contributed by atoms with Gasteiger partial charge in [-0.05, 0) is 48.6 Å². The number of H-pyrrole nitrogens is 1. The molecule has 6 nitrogen and oxygen atoms in total. The third-order valence-electron chi connectivity index (χ3n) is 5.65. The lowest BCUT2D eigenvalue weighted by Gasteiger charge is -2.32. The number of likely N-dealkylation sites (tertiary alicyclic amines) is 1. The van der Waals surface area contributed by atoms with Crippen molar-refractivity contribution in [3.05, 3.63) is 82.3 Å². The first-order chi connectivity index (χ1) is 15.2. The number of carbonyl (C=O) groups is 2. The first-order valence-corrected chi connectivity index (χ1v) is 11.2. The Morgan fingerprint density at radius 1 is 1.06 bits per heavy atom. The van der Waals surface area contributed by atoms with Gasteiger partial charge in [-0.1, -0.05) is 30.3 Å². The average molecular weight is 431 g/mol. The molecule has 5 rings (SSSR count). The van der Waals surface area contributed by atoms with Gasteiger partial charge in [0, 0.05) is 19.0 Å². The maximum Gasteiger partial charge on any atom is 0.265 e. The van der Waals surface area contributed by atoms with E-state index in [9.17, 15) is 9.59 Å². The van der Waals surface area contributed by atoms with Crippen LogP contribution in [0, 0.1) is 0 Å². The number of amides is 2. The van der Waals surface area contributed by atoms with E-state index in [1.807, 2.05) is 52.7 Å². The van der Waals surface area contributed by atoms with Gasteiger partial charge in [0.05, 0.1) is 27.2 Å². The third-order valence-corrected chi connectivity index (χ3v) is 6.52. The van der Waals surface area contributed by atoms with Crippen LogP contribution in [-0.2, 0) is 0 Å². The minimum absolute atomic E-state index is 0.0668. The smallest absolute Gasteiger partial charge is 0.265 e. The highest BCUT2D eigenvalue weighted by Gasteiger charge is 2.28. The Morgan fingerprint density at radius 3 is 2.74 bits per heavy atom. The number of rotatable bonds is 4. The molecule has 0 aliphatic carbocycles. The molecule has 31 heavy (non-hydrogen) atoms. The van der Waals surface area contributed by atoms with Crippen molar-refractivity contribution in [1.82, 2.24) is 14.9 Å². The maximum absolute atomic E-state index is 13.4. The van der Waals surface area contributed by atoms with Crippen molar-refractivity contribution in [3.8, 4) is 0 Å². The fraction of sp³-hybridized carbons (Fsp3) is 0.208. The average Bonchev–Trinajstić information content (AvgIpc) is 3.49. The zero-order valence-corrected chi connectivity index (χ0v) is 17.7. The summed E-state index contributed by atoms with van der Waals surface area (Å²) in [5.74, 6) is 0.827. The first kappa shape index (κ1) is 19.5. The number of imidazole rings is 1. The Balaban J connectivity index is 1.35. The highest BCUT2D eigenvalue weighted by atomic mass is 32.1. The van der Waals surface area contributed by atoms with E-state index in [0.717, 1.165) is 29.7 Å². The van der Waals surface area contributed by atoms with Gasteiger partial charge in [0.1, 0.15) is 5.82 Å². The number of thiophene rings is 1. The number of carbonyl (C=O) groups excluding carboxylic acids is 2. The summed E-state index contributed by atoms with van der Waals surface area (Å²) in [7, 11) is 0. The molecule has 1 aliphatic heterocycles. The number of hydrogen-bond acceptors (Lipinski definition) is 4. The molecule has 2 aromatic carbocycles. The summed E-state index contributed by atoms with van der Waals surface area (Å²) < 4.78 is 0. The standard InChI is InChI=1S/C24H22N4O2S/c29-23(21-12-6-14-31-21)27-18-9-2-1-8-17(18)24(30)28-13-5-7-16(15-28)22-25-19-10-3-4-11-20(19)26-22/h1-4,6,8-12,14,16H,5,7,13,15H2,(H,25,26)(H,27,29). The van der Waals surface area contributed by atoms with E-state index in [1.165, 1.54) is 11.3 Å². The largest absolute Gasteiger partial charge is 0.342 e. The molecule has 3 heterocycles. The molecule has 7 heteroatoms. The van der Waals surface area contributed by atoms with E-state index in [1.54, 1.807) is 18.2 Å². The second-order valence-corrected chi connectivity index (χ2v) is 8.65. The number of piperidine rings is 1.